The Morgan fingerprint density at radius 2 is 2.12 bits per heavy atom. The van der Waals surface area contributed by atoms with E-state index in [2.05, 4.69) is 35.8 Å². The molecule has 0 radical (unpaired) electrons. The second-order valence-corrected chi connectivity index (χ2v) is 7.85. The second kappa shape index (κ2) is 8.37. The maximum Gasteiger partial charge on any atom is 0.142 e. The zero-order valence-corrected chi connectivity index (χ0v) is 16.5. The van der Waals surface area contributed by atoms with Crippen molar-refractivity contribution in [2.24, 2.45) is 5.92 Å². The highest BCUT2D eigenvalue weighted by atomic mass is 35.5. The number of halogens is 1. The van der Waals surface area contributed by atoms with Crippen LogP contribution in [0.2, 0.25) is 5.02 Å². The smallest absolute Gasteiger partial charge is 0.142 e. The minimum atomic E-state index is 0.339. The Labute approximate surface area is 160 Å². The standard InChI is InChI=1S/C11H13ClN4.C8H15NO/c1-7(2)16-4-3-10(15-16)8-5-9(12)11(13)14-6-8;1-7-2-3-9(4-7)8-5-10-6-8/h3-7H,1-2H3,(H2,13,14);7-8H,2-6H2,1H3. The summed E-state index contributed by atoms with van der Waals surface area (Å²) in [6, 6.07) is 4.82. The highest BCUT2D eigenvalue weighted by Crippen LogP contribution is 2.24. The summed E-state index contributed by atoms with van der Waals surface area (Å²) in [7, 11) is 0. The Kier molecular flexibility index (Phi) is 6.16. The number of likely N-dealkylation sites (tertiary alicyclic amines) is 1. The number of pyridine rings is 1. The van der Waals surface area contributed by atoms with Crippen LogP contribution in [0.1, 0.15) is 33.2 Å². The van der Waals surface area contributed by atoms with Crippen LogP contribution in [0.15, 0.2) is 24.5 Å². The van der Waals surface area contributed by atoms with Crippen LogP contribution in [0.3, 0.4) is 0 Å². The maximum atomic E-state index is 5.91. The van der Waals surface area contributed by atoms with Gasteiger partial charge in [0.1, 0.15) is 5.82 Å². The molecule has 2 aliphatic heterocycles. The lowest BCUT2D eigenvalue weighted by atomic mass is 10.2. The van der Waals surface area contributed by atoms with Crippen LogP contribution in [0.4, 0.5) is 5.82 Å². The molecule has 2 aliphatic rings. The molecule has 142 valence electrons. The van der Waals surface area contributed by atoms with Crippen molar-refractivity contribution in [3.8, 4) is 11.3 Å². The predicted molar refractivity (Wildman–Crippen MR) is 105 cm³/mol. The van der Waals surface area contributed by atoms with Gasteiger partial charge in [-0.25, -0.2) is 4.98 Å². The molecule has 0 amide bonds. The van der Waals surface area contributed by atoms with Crippen molar-refractivity contribution >= 4 is 17.4 Å². The first-order valence-corrected chi connectivity index (χ1v) is 9.60. The zero-order valence-electron chi connectivity index (χ0n) is 15.7. The molecule has 4 heterocycles. The largest absolute Gasteiger partial charge is 0.382 e. The third kappa shape index (κ3) is 4.55. The summed E-state index contributed by atoms with van der Waals surface area (Å²) >= 11 is 5.91. The minimum absolute atomic E-state index is 0.339. The molecule has 1 atom stereocenters. The van der Waals surface area contributed by atoms with E-state index in [0.717, 1.165) is 36.4 Å². The van der Waals surface area contributed by atoms with Crippen molar-refractivity contribution < 1.29 is 4.74 Å². The van der Waals surface area contributed by atoms with Crippen LogP contribution in [-0.4, -0.2) is 52.0 Å². The number of ether oxygens (including phenoxy) is 1. The number of hydrogen-bond donors (Lipinski definition) is 1. The molecular formula is C19H28ClN5O. The third-order valence-corrected chi connectivity index (χ3v) is 5.20. The fraction of sp³-hybridized carbons (Fsp3) is 0.579. The van der Waals surface area contributed by atoms with E-state index in [0.29, 0.717) is 16.9 Å². The van der Waals surface area contributed by atoms with Crippen molar-refractivity contribution in [3.05, 3.63) is 29.5 Å². The first-order valence-electron chi connectivity index (χ1n) is 9.22. The average molecular weight is 378 g/mol. The Morgan fingerprint density at radius 1 is 1.35 bits per heavy atom. The average Bonchev–Trinajstić information content (AvgIpc) is 3.19. The monoisotopic (exact) mass is 377 g/mol. The first kappa shape index (κ1) is 19.1. The minimum Gasteiger partial charge on any atom is -0.382 e. The number of rotatable bonds is 3. The summed E-state index contributed by atoms with van der Waals surface area (Å²) in [4.78, 5) is 6.57. The summed E-state index contributed by atoms with van der Waals surface area (Å²) < 4.78 is 7.03. The topological polar surface area (TPSA) is 69.2 Å². The lowest BCUT2D eigenvalue weighted by molar-refractivity contribution is -0.0578. The highest BCUT2D eigenvalue weighted by Gasteiger charge is 2.30. The van der Waals surface area contributed by atoms with E-state index in [4.69, 9.17) is 22.1 Å². The molecule has 2 aromatic rings. The SMILES string of the molecule is CC(C)n1ccc(-c2cnc(N)c(Cl)c2)n1.CC1CCN(C2COC2)C1. The van der Waals surface area contributed by atoms with E-state index in [9.17, 15) is 0 Å². The van der Waals surface area contributed by atoms with E-state index in [1.165, 1.54) is 19.5 Å². The quantitative estimate of drug-likeness (QED) is 0.886. The van der Waals surface area contributed by atoms with E-state index in [1.54, 1.807) is 12.3 Å². The summed E-state index contributed by atoms with van der Waals surface area (Å²) in [5, 5.41) is 4.88. The molecule has 4 rings (SSSR count). The molecule has 26 heavy (non-hydrogen) atoms. The van der Waals surface area contributed by atoms with Gasteiger partial charge in [0.05, 0.1) is 30.0 Å². The fourth-order valence-electron chi connectivity index (χ4n) is 3.10. The van der Waals surface area contributed by atoms with Crippen LogP contribution in [0.5, 0.6) is 0 Å². The van der Waals surface area contributed by atoms with Gasteiger partial charge in [0.15, 0.2) is 0 Å². The molecule has 0 bridgehead atoms. The molecule has 0 saturated carbocycles. The summed E-state index contributed by atoms with van der Waals surface area (Å²) in [6.45, 7) is 11.0. The third-order valence-electron chi connectivity index (χ3n) is 4.90. The van der Waals surface area contributed by atoms with Gasteiger partial charge in [-0.2, -0.15) is 5.10 Å². The van der Waals surface area contributed by atoms with Crippen molar-refractivity contribution in [2.45, 2.75) is 39.3 Å². The normalized spacial score (nSPS) is 20.7. The number of nitrogens with zero attached hydrogens (tertiary/aromatic N) is 4. The Morgan fingerprint density at radius 3 is 2.62 bits per heavy atom. The van der Waals surface area contributed by atoms with Crippen LogP contribution < -0.4 is 5.73 Å². The van der Waals surface area contributed by atoms with Crippen LogP contribution in [0, 0.1) is 5.92 Å². The van der Waals surface area contributed by atoms with Gasteiger partial charge in [-0.1, -0.05) is 18.5 Å². The number of nitrogen functional groups attached to an aromatic ring is 1. The zero-order chi connectivity index (χ0) is 18.7. The van der Waals surface area contributed by atoms with Gasteiger partial charge in [-0.3, -0.25) is 9.58 Å². The number of anilines is 1. The second-order valence-electron chi connectivity index (χ2n) is 7.45. The molecule has 2 saturated heterocycles. The number of hydrogen-bond acceptors (Lipinski definition) is 5. The predicted octanol–water partition coefficient (Wildman–Crippen LogP) is 3.49. The number of nitrogens with two attached hydrogens (primary N) is 1. The molecule has 2 fully saturated rings. The molecular weight excluding hydrogens is 350 g/mol. The van der Waals surface area contributed by atoms with E-state index >= 15 is 0 Å². The lowest BCUT2D eigenvalue weighted by Gasteiger charge is -2.34. The fourth-order valence-corrected chi connectivity index (χ4v) is 3.27. The van der Waals surface area contributed by atoms with Gasteiger partial charge in [0.2, 0.25) is 0 Å². The van der Waals surface area contributed by atoms with Crippen LogP contribution >= 0.6 is 11.6 Å². The molecule has 0 aliphatic carbocycles. The highest BCUT2D eigenvalue weighted by molar-refractivity contribution is 6.33. The molecule has 6 nitrogen and oxygen atoms in total. The van der Waals surface area contributed by atoms with Gasteiger partial charge in [0.25, 0.3) is 0 Å². The van der Waals surface area contributed by atoms with Crippen molar-refractivity contribution in [2.75, 3.05) is 32.0 Å². The van der Waals surface area contributed by atoms with E-state index in [-0.39, 0.29) is 0 Å². The summed E-state index contributed by atoms with van der Waals surface area (Å²) in [6.07, 6.45) is 5.00. The molecule has 2 aromatic heterocycles. The van der Waals surface area contributed by atoms with Crippen LogP contribution in [-0.2, 0) is 4.74 Å². The Hall–Kier alpha value is -1.63. The van der Waals surface area contributed by atoms with Gasteiger partial charge in [-0.15, -0.1) is 0 Å². The molecule has 0 spiro atoms. The van der Waals surface area contributed by atoms with Crippen molar-refractivity contribution in [1.29, 1.82) is 0 Å². The number of aromatic nitrogens is 3. The van der Waals surface area contributed by atoms with Gasteiger partial charge >= 0.3 is 0 Å². The maximum absolute atomic E-state index is 5.91. The van der Waals surface area contributed by atoms with Gasteiger partial charge in [0, 0.05) is 30.5 Å². The molecule has 0 aromatic carbocycles. The molecule has 1 unspecified atom stereocenters. The first-order chi connectivity index (χ1) is 12.4. The van der Waals surface area contributed by atoms with Crippen LogP contribution in [0.25, 0.3) is 11.3 Å². The lowest BCUT2D eigenvalue weighted by Crippen LogP contribution is -2.47. The Balaban J connectivity index is 0.000000167. The van der Waals surface area contributed by atoms with Gasteiger partial charge in [-0.05, 0) is 44.9 Å². The van der Waals surface area contributed by atoms with E-state index < -0.39 is 0 Å². The Bertz CT molecular complexity index is 728. The summed E-state index contributed by atoms with van der Waals surface area (Å²) in [5.41, 5.74) is 7.28. The van der Waals surface area contributed by atoms with E-state index in [1.807, 2.05) is 16.9 Å². The summed E-state index contributed by atoms with van der Waals surface area (Å²) in [5.74, 6) is 1.26. The van der Waals surface area contributed by atoms with Crippen molar-refractivity contribution in [3.63, 3.8) is 0 Å². The van der Waals surface area contributed by atoms with Gasteiger partial charge < -0.3 is 10.5 Å². The molecule has 7 heteroatoms. The van der Waals surface area contributed by atoms with Crippen molar-refractivity contribution in [1.82, 2.24) is 19.7 Å². The molecule has 2 N–H and O–H groups in total.